The van der Waals surface area contributed by atoms with E-state index < -0.39 is 0 Å². The van der Waals surface area contributed by atoms with Crippen molar-refractivity contribution in [3.63, 3.8) is 0 Å². The normalized spacial score (nSPS) is 11.8. The molecule has 0 unspecified atom stereocenters. The van der Waals surface area contributed by atoms with Gasteiger partial charge in [-0.3, -0.25) is 0 Å². The molecular formula is C50H30O2. The molecule has 242 valence electrons. The van der Waals surface area contributed by atoms with Crippen molar-refractivity contribution in [3.8, 4) is 44.5 Å². The van der Waals surface area contributed by atoms with Gasteiger partial charge in [-0.1, -0.05) is 140 Å². The molecule has 0 N–H and O–H groups in total. The second-order valence-corrected chi connectivity index (χ2v) is 13.6. The molecule has 11 rings (SSSR count). The van der Waals surface area contributed by atoms with Crippen LogP contribution in [0.25, 0.3) is 110 Å². The Morgan fingerprint density at radius 1 is 0.250 bits per heavy atom. The van der Waals surface area contributed by atoms with E-state index in [0.29, 0.717) is 0 Å². The summed E-state index contributed by atoms with van der Waals surface area (Å²) in [7, 11) is 0. The van der Waals surface area contributed by atoms with E-state index >= 15 is 0 Å². The van der Waals surface area contributed by atoms with Crippen molar-refractivity contribution in [3.05, 3.63) is 182 Å². The van der Waals surface area contributed by atoms with Crippen LogP contribution in [-0.2, 0) is 0 Å². The minimum Gasteiger partial charge on any atom is -0.456 e. The zero-order chi connectivity index (χ0) is 34.2. The molecule has 2 nitrogen and oxygen atoms in total. The number of hydrogen-bond donors (Lipinski definition) is 0. The molecule has 0 aliphatic heterocycles. The number of hydrogen-bond acceptors (Lipinski definition) is 2. The predicted octanol–water partition coefficient (Wildman–Crippen LogP) is 14.5. The Hall–Kier alpha value is -6.90. The van der Waals surface area contributed by atoms with E-state index in [2.05, 4.69) is 170 Å². The average molecular weight is 663 g/mol. The van der Waals surface area contributed by atoms with Crippen LogP contribution in [0.3, 0.4) is 0 Å². The van der Waals surface area contributed by atoms with Crippen molar-refractivity contribution in [2.45, 2.75) is 0 Å². The van der Waals surface area contributed by atoms with Crippen molar-refractivity contribution in [1.29, 1.82) is 0 Å². The smallest absolute Gasteiger partial charge is 0.136 e. The fourth-order valence-electron chi connectivity index (χ4n) is 8.32. The second kappa shape index (κ2) is 11.3. The second-order valence-electron chi connectivity index (χ2n) is 13.6. The van der Waals surface area contributed by atoms with Crippen LogP contribution < -0.4 is 0 Å². The highest BCUT2D eigenvalue weighted by Gasteiger charge is 2.22. The van der Waals surface area contributed by atoms with Crippen LogP contribution >= 0.6 is 0 Å². The quantitative estimate of drug-likeness (QED) is 0.175. The largest absolute Gasteiger partial charge is 0.456 e. The Kier molecular flexibility index (Phi) is 6.28. The van der Waals surface area contributed by atoms with E-state index in [1.807, 2.05) is 12.1 Å². The van der Waals surface area contributed by atoms with Gasteiger partial charge in [0.15, 0.2) is 0 Å². The minimum atomic E-state index is 0.859. The number of fused-ring (bicyclic) bond motifs is 8. The van der Waals surface area contributed by atoms with Gasteiger partial charge < -0.3 is 8.83 Å². The maximum atomic E-state index is 6.87. The summed E-state index contributed by atoms with van der Waals surface area (Å²) in [5, 5.41) is 9.33. The Morgan fingerprint density at radius 3 is 1.38 bits per heavy atom. The third kappa shape index (κ3) is 4.38. The van der Waals surface area contributed by atoms with Crippen LogP contribution in [0.5, 0.6) is 0 Å². The number of benzene rings is 9. The maximum Gasteiger partial charge on any atom is 0.136 e. The van der Waals surface area contributed by atoms with Crippen molar-refractivity contribution in [1.82, 2.24) is 0 Å². The van der Waals surface area contributed by atoms with E-state index in [1.54, 1.807) is 0 Å². The summed E-state index contributed by atoms with van der Waals surface area (Å²) in [5.41, 5.74) is 12.8. The highest BCUT2D eigenvalue weighted by Crippen LogP contribution is 2.48. The van der Waals surface area contributed by atoms with Gasteiger partial charge in [0.2, 0.25) is 0 Å². The minimum absolute atomic E-state index is 0.859. The number of rotatable bonds is 4. The zero-order valence-electron chi connectivity index (χ0n) is 28.1. The Morgan fingerprint density at radius 2 is 0.712 bits per heavy atom. The fourth-order valence-corrected chi connectivity index (χ4v) is 8.32. The molecule has 0 amide bonds. The van der Waals surface area contributed by atoms with Crippen LogP contribution in [0, 0.1) is 0 Å². The van der Waals surface area contributed by atoms with E-state index in [4.69, 9.17) is 8.83 Å². The first-order valence-electron chi connectivity index (χ1n) is 17.8. The fraction of sp³-hybridized carbons (Fsp3) is 0. The average Bonchev–Trinajstić information content (AvgIpc) is 3.78. The Labute approximate surface area is 299 Å². The van der Waals surface area contributed by atoms with Gasteiger partial charge in [-0.15, -0.1) is 0 Å². The Bertz CT molecular complexity index is 3110. The lowest BCUT2D eigenvalue weighted by molar-refractivity contribution is 0.668. The highest BCUT2D eigenvalue weighted by atomic mass is 16.3. The molecule has 11 aromatic rings. The summed E-state index contributed by atoms with van der Waals surface area (Å²) in [6.45, 7) is 0. The van der Waals surface area contributed by atoms with E-state index in [1.165, 1.54) is 43.8 Å². The van der Waals surface area contributed by atoms with Crippen molar-refractivity contribution < 1.29 is 8.83 Å². The summed E-state index contributed by atoms with van der Waals surface area (Å²) in [6, 6.07) is 65.0. The third-order valence-electron chi connectivity index (χ3n) is 10.7. The zero-order valence-corrected chi connectivity index (χ0v) is 28.1. The molecule has 0 saturated heterocycles. The first-order valence-corrected chi connectivity index (χ1v) is 17.8. The van der Waals surface area contributed by atoms with E-state index in [-0.39, 0.29) is 0 Å². The lowest BCUT2D eigenvalue weighted by Crippen LogP contribution is -1.92. The molecule has 0 aliphatic rings. The van der Waals surface area contributed by atoms with Gasteiger partial charge in [-0.05, 0) is 109 Å². The van der Waals surface area contributed by atoms with Gasteiger partial charge in [-0.2, -0.15) is 0 Å². The van der Waals surface area contributed by atoms with Gasteiger partial charge in [0, 0.05) is 21.5 Å². The lowest BCUT2D eigenvalue weighted by atomic mass is 9.84. The number of para-hydroxylation sites is 1. The van der Waals surface area contributed by atoms with Crippen molar-refractivity contribution >= 4 is 65.4 Å². The summed E-state index contributed by atoms with van der Waals surface area (Å²) in [6.07, 6.45) is 0. The van der Waals surface area contributed by atoms with Crippen LogP contribution in [0.4, 0.5) is 0 Å². The molecule has 0 radical (unpaired) electrons. The molecular weight excluding hydrogens is 633 g/mol. The molecule has 0 saturated carbocycles. The van der Waals surface area contributed by atoms with Crippen LogP contribution in [0.1, 0.15) is 0 Å². The lowest BCUT2D eigenvalue weighted by Gasteiger charge is -2.19. The SMILES string of the molecule is c1ccc(-c2ccc3c(c2)oc2cc(-c4ccc5c(c4)oc4ccccc45)cc(-c4c5ccccc5c(-c5ccccc5)c5ccccc45)c23)cc1. The van der Waals surface area contributed by atoms with Crippen LogP contribution in [0.15, 0.2) is 191 Å². The first-order chi connectivity index (χ1) is 25.8. The van der Waals surface area contributed by atoms with Gasteiger partial charge >= 0.3 is 0 Å². The molecule has 2 aromatic heterocycles. The molecule has 9 aromatic carbocycles. The molecule has 0 aliphatic carbocycles. The topological polar surface area (TPSA) is 26.3 Å². The summed E-state index contributed by atoms with van der Waals surface area (Å²) in [4.78, 5) is 0. The Balaban J connectivity index is 1.25. The predicted molar refractivity (Wildman–Crippen MR) is 218 cm³/mol. The third-order valence-corrected chi connectivity index (χ3v) is 10.7. The molecule has 0 bridgehead atoms. The monoisotopic (exact) mass is 662 g/mol. The van der Waals surface area contributed by atoms with Gasteiger partial charge in [0.25, 0.3) is 0 Å². The first kappa shape index (κ1) is 28.9. The molecule has 0 atom stereocenters. The van der Waals surface area contributed by atoms with Crippen molar-refractivity contribution in [2.75, 3.05) is 0 Å². The highest BCUT2D eigenvalue weighted by molar-refractivity contribution is 6.26. The summed E-state index contributed by atoms with van der Waals surface area (Å²) in [5.74, 6) is 0. The number of furan rings is 2. The van der Waals surface area contributed by atoms with E-state index in [9.17, 15) is 0 Å². The van der Waals surface area contributed by atoms with Gasteiger partial charge in [-0.25, -0.2) is 0 Å². The molecule has 2 heterocycles. The van der Waals surface area contributed by atoms with E-state index in [0.717, 1.165) is 66.1 Å². The van der Waals surface area contributed by atoms with Crippen molar-refractivity contribution in [2.24, 2.45) is 0 Å². The van der Waals surface area contributed by atoms with Gasteiger partial charge in [0.1, 0.15) is 22.3 Å². The summed E-state index contributed by atoms with van der Waals surface area (Å²) < 4.78 is 13.2. The van der Waals surface area contributed by atoms with Crippen LogP contribution in [0.2, 0.25) is 0 Å². The maximum absolute atomic E-state index is 6.87. The van der Waals surface area contributed by atoms with Crippen LogP contribution in [-0.4, -0.2) is 0 Å². The molecule has 0 fully saturated rings. The van der Waals surface area contributed by atoms with Gasteiger partial charge in [0.05, 0.1) is 0 Å². The molecule has 2 heteroatoms. The standard InChI is InChI=1S/C50H30O2/c1-3-13-31(14-4-1)33-24-26-42-46(28-33)52-47-30-35(34-23-25-37-36-17-11-12-22-44(36)51-45(37)29-34)27-43(50(42)47)49-40-20-9-7-18-38(40)48(32-15-5-2-6-16-32)39-19-8-10-21-41(39)49/h1-30H. The molecule has 0 spiro atoms. The molecule has 52 heavy (non-hydrogen) atoms. The summed E-state index contributed by atoms with van der Waals surface area (Å²) >= 11 is 0.